The molecule has 3 rings (SSSR count). The van der Waals surface area contributed by atoms with Crippen molar-refractivity contribution in [3.05, 3.63) is 65.5 Å². The van der Waals surface area contributed by atoms with Crippen LogP contribution < -0.4 is 15.0 Å². The van der Waals surface area contributed by atoms with E-state index in [4.69, 9.17) is 4.74 Å². The predicted molar refractivity (Wildman–Crippen MR) is 115 cm³/mol. The second kappa shape index (κ2) is 9.84. The molecule has 0 aliphatic carbocycles. The van der Waals surface area contributed by atoms with Crippen LogP contribution in [0, 0.1) is 0 Å². The topological polar surface area (TPSA) is 78.9 Å². The number of aliphatic hydroxyl groups is 1. The van der Waals surface area contributed by atoms with Gasteiger partial charge < -0.3 is 20.1 Å². The van der Waals surface area contributed by atoms with Crippen LogP contribution in [0.3, 0.4) is 0 Å². The van der Waals surface area contributed by atoms with E-state index in [9.17, 15) is 27.9 Å². The predicted octanol–water partition coefficient (Wildman–Crippen LogP) is 4.45. The van der Waals surface area contributed by atoms with E-state index in [0.29, 0.717) is 26.8 Å². The Morgan fingerprint density at radius 1 is 1.16 bits per heavy atom. The van der Waals surface area contributed by atoms with Gasteiger partial charge in [0.25, 0.3) is 5.91 Å². The molecule has 10 heteroatoms. The number of halogens is 3. The van der Waals surface area contributed by atoms with Gasteiger partial charge in [-0.3, -0.25) is 9.59 Å². The molecule has 0 radical (unpaired) electrons. The van der Waals surface area contributed by atoms with Gasteiger partial charge in [-0.2, -0.15) is 13.2 Å². The molecule has 0 spiro atoms. The van der Waals surface area contributed by atoms with Crippen molar-refractivity contribution in [2.75, 3.05) is 18.5 Å². The Labute approximate surface area is 185 Å². The summed E-state index contributed by atoms with van der Waals surface area (Å²) in [6.45, 7) is -1.03. The van der Waals surface area contributed by atoms with Gasteiger partial charge in [0.05, 0.1) is 12.2 Å². The fraction of sp³-hybridized carbons (Fsp3) is 0.182. The zero-order valence-electron chi connectivity index (χ0n) is 16.8. The number of para-hydroxylation sites is 1. The number of amides is 2. The van der Waals surface area contributed by atoms with Gasteiger partial charge in [-0.25, -0.2) is 0 Å². The number of aliphatic hydroxyl groups excluding tert-OH is 1. The van der Waals surface area contributed by atoms with Gasteiger partial charge in [0.1, 0.15) is 16.4 Å². The molecular formula is C22H19F3N2O4S. The van der Waals surface area contributed by atoms with Crippen LogP contribution in [0.15, 0.2) is 60.7 Å². The van der Waals surface area contributed by atoms with Gasteiger partial charge in [-0.05, 0) is 48.0 Å². The highest BCUT2D eigenvalue weighted by atomic mass is 32.1. The number of rotatable bonds is 8. The first-order valence-electron chi connectivity index (χ1n) is 9.39. The van der Waals surface area contributed by atoms with E-state index in [2.05, 4.69) is 5.32 Å². The van der Waals surface area contributed by atoms with E-state index in [-0.39, 0.29) is 17.0 Å². The molecule has 1 atom stereocenters. The fourth-order valence-corrected chi connectivity index (χ4v) is 3.93. The molecule has 32 heavy (non-hydrogen) atoms. The Balaban J connectivity index is 1.90. The van der Waals surface area contributed by atoms with Gasteiger partial charge in [0.15, 0.2) is 6.10 Å². The summed E-state index contributed by atoms with van der Waals surface area (Å²) in [5.74, 6) is 0.671. The van der Waals surface area contributed by atoms with Crippen molar-refractivity contribution in [2.45, 2.75) is 12.3 Å². The van der Waals surface area contributed by atoms with Crippen LogP contribution in [-0.2, 0) is 4.79 Å². The first-order chi connectivity index (χ1) is 15.2. The zero-order chi connectivity index (χ0) is 23.3. The summed E-state index contributed by atoms with van der Waals surface area (Å²) in [6.07, 6.45) is -7.49. The molecule has 1 heterocycles. The van der Waals surface area contributed by atoms with E-state index < -0.39 is 24.7 Å². The lowest BCUT2D eigenvalue weighted by molar-refractivity contribution is -0.200. The molecule has 2 aromatic carbocycles. The van der Waals surface area contributed by atoms with Crippen LogP contribution in [0.5, 0.6) is 11.5 Å². The molecule has 168 valence electrons. The Hall–Kier alpha value is -3.37. The highest BCUT2D eigenvalue weighted by Gasteiger charge is 2.40. The molecule has 1 unspecified atom stereocenters. The smallest absolute Gasteiger partial charge is 0.416 e. The first-order valence-corrected chi connectivity index (χ1v) is 10.2. The molecule has 0 saturated heterocycles. The number of nitrogens with one attached hydrogen (secondary N) is 1. The maximum atomic E-state index is 12.8. The van der Waals surface area contributed by atoms with Gasteiger partial charge in [-0.15, -0.1) is 11.3 Å². The quantitative estimate of drug-likeness (QED) is 0.483. The molecule has 6 nitrogen and oxygen atoms in total. The Morgan fingerprint density at radius 2 is 1.78 bits per heavy atom. The zero-order valence-corrected chi connectivity index (χ0v) is 17.6. The van der Waals surface area contributed by atoms with Crippen molar-refractivity contribution in [3.8, 4) is 21.9 Å². The largest absolute Gasteiger partial charge is 0.457 e. The third kappa shape index (κ3) is 5.45. The molecule has 0 saturated carbocycles. The highest BCUT2D eigenvalue weighted by Crippen LogP contribution is 2.38. The molecule has 3 aromatic rings. The molecule has 0 aliphatic rings. The van der Waals surface area contributed by atoms with Gasteiger partial charge in [-0.1, -0.05) is 18.2 Å². The Bertz CT molecular complexity index is 1070. The van der Waals surface area contributed by atoms with E-state index >= 15 is 0 Å². The summed E-state index contributed by atoms with van der Waals surface area (Å²) >= 11 is 1.02. The number of alkyl halides is 3. The van der Waals surface area contributed by atoms with Crippen molar-refractivity contribution in [1.82, 2.24) is 5.32 Å². The summed E-state index contributed by atoms with van der Waals surface area (Å²) < 4.78 is 44.0. The second-order valence-electron chi connectivity index (χ2n) is 6.66. The molecule has 1 aromatic heterocycles. The summed E-state index contributed by atoms with van der Waals surface area (Å²) in [6, 6.07) is 17.5. The number of hydrogen-bond donors (Lipinski definition) is 2. The number of ether oxygens (including phenoxy) is 1. The number of carbonyl (C=O) groups is 2. The van der Waals surface area contributed by atoms with Crippen molar-refractivity contribution >= 4 is 29.3 Å². The van der Waals surface area contributed by atoms with Crippen LogP contribution in [0.2, 0.25) is 0 Å². The van der Waals surface area contributed by atoms with Crippen LogP contribution in [0.25, 0.3) is 10.4 Å². The third-order valence-corrected chi connectivity index (χ3v) is 5.62. The monoisotopic (exact) mass is 464 g/mol. The summed E-state index contributed by atoms with van der Waals surface area (Å²) in [5.41, 5.74) is 0.654. The molecule has 2 N–H and O–H groups in total. The lowest BCUT2D eigenvalue weighted by Crippen LogP contribution is -2.41. The number of benzene rings is 2. The molecule has 0 bridgehead atoms. The molecule has 2 amide bonds. The van der Waals surface area contributed by atoms with Gasteiger partial charge >= 0.3 is 6.18 Å². The van der Waals surface area contributed by atoms with Crippen molar-refractivity contribution in [2.24, 2.45) is 0 Å². The Kier molecular flexibility index (Phi) is 7.16. The average Bonchev–Trinajstić information content (AvgIpc) is 3.22. The molecular weight excluding hydrogens is 445 g/mol. The normalized spacial score (nSPS) is 12.2. The lowest BCUT2D eigenvalue weighted by atomic mass is 10.1. The van der Waals surface area contributed by atoms with Crippen LogP contribution >= 0.6 is 11.3 Å². The van der Waals surface area contributed by atoms with Crippen LogP contribution in [0.1, 0.15) is 9.67 Å². The van der Waals surface area contributed by atoms with Crippen molar-refractivity contribution in [1.29, 1.82) is 0 Å². The van der Waals surface area contributed by atoms with Gasteiger partial charge in [0, 0.05) is 11.9 Å². The van der Waals surface area contributed by atoms with Gasteiger partial charge in [0.2, 0.25) is 6.41 Å². The van der Waals surface area contributed by atoms with Crippen LogP contribution in [-0.4, -0.2) is 43.3 Å². The van der Waals surface area contributed by atoms with Crippen molar-refractivity contribution in [3.63, 3.8) is 0 Å². The average molecular weight is 464 g/mol. The molecule has 0 aliphatic heterocycles. The standard InChI is InChI=1S/C22H19F3N2O4S/c1-26-21(30)20-17(27(13-28)12-19(29)22(23,24)25)11-18(32-20)14-7-9-16(10-8-14)31-15-5-3-2-4-6-15/h2-11,13,19,29H,12H2,1H3,(H,26,30). The maximum Gasteiger partial charge on any atom is 0.416 e. The summed E-state index contributed by atoms with van der Waals surface area (Å²) in [5, 5.41) is 11.8. The van der Waals surface area contributed by atoms with E-state index in [1.807, 2.05) is 18.2 Å². The number of nitrogens with zero attached hydrogens (tertiary/aromatic N) is 1. The van der Waals surface area contributed by atoms with E-state index in [1.165, 1.54) is 13.1 Å². The van der Waals surface area contributed by atoms with Crippen molar-refractivity contribution < 1.29 is 32.6 Å². The Morgan fingerprint density at radius 3 is 2.34 bits per heavy atom. The lowest BCUT2D eigenvalue weighted by Gasteiger charge is -2.22. The number of anilines is 1. The SMILES string of the molecule is CNC(=O)c1sc(-c2ccc(Oc3ccccc3)cc2)cc1N(C=O)CC(O)C(F)(F)F. The van der Waals surface area contributed by atoms with Crippen LogP contribution in [0.4, 0.5) is 18.9 Å². The molecule has 0 fully saturated rings. The minimum absolute atomic E-state index is 0.0211. The highest BCUT2D eigenvalue weighted by molar-refractivity contribution is 7.18. The fourth-order valence-electron chi connectivity index (χ4n) is 2.81. The number of hydrogen-bond acceptors (Lipinski definition) is 5. The van der Waals surface area contributed by atoms with E-state index in [1.54, 1.807) is 36.4 Å². The number of carbonyl (C=O) groups excluding carboxylic acids is 2. The number of thiophene rings is 1. The second-order valence-corrected chi connectivity index (χ2v) is 7.71. The maximum absolute atomic E-state index is 12.8. The van der Waals surface area contributed by atoms with E-state index in [0.717, 1.165) is 11.3 Å². The summed E-state index contributed by atoms with van der Waals surface area (Å²) in [4.78, 5) is 25.1. The minimum atomic E-state index is -4.90. The first kappa shape index (κ1) is 23.3. The third-order valence-electron chi connectivity index (χ3n) is 4.45. The summed E-state index contributed by atoms with van der Waals surface area (Å²) in [7, 11) is 1.37. The minimum Gasteiger partial charge on any atom is -0.457 e.